The van der Waals surface area contributed by atoms with Crippen LogP contribution < -0.4 is 10.5 Å². The third kappa shape index (κ3) is 2.00. The minimum atomic E-state index is 0.500. The molecule has 0 aliphatic carbocycles. The lowest BCUT2D eigenvalue weighted by atomic mass is 10.4. The van der Waals surface area contributed by atoms with Crippen molar-refractivity contribution < 1.29 is 4.74 Å². The standard InChI is InChI=1S/C9H9N3OS/c1-6-2-3-7(4-11-6)13-8-5-12-9(10)14-8/h2-5H,1H3,(H2,10,12). The summed E-state index contributed by atoms with van der Waals surface area (Å²) in [5, 5.41) is 1.17. The van der Waals surface area contributed by atoms with E-state index in [2.05, 4.69) is 9.97 Å². The van der Waals surface area contributed by atoms with Crippen LogP contribution in [0.25, 0.3) is 0 Å². The van der Waals surface area contributed by atoms with Crippen LogP contribution in [0.15, 0.2) is 24.5 Å². The topological polar surface area (TPSA) is 61.0 Å². The van der Waals surface area contributed by atoms with Gasteiger partial charge in [-0.2, -0.15) is 0 Å². The molecule has 0 aromatic carbocycles. The maximum Gasteiger partial charge on any atom is 0.202 e. The number of pyridine rings is 1. The Balaban J connectivity index is 2.15. The van der Waals surface area contributed by atoms with Gasteiger partial charge in [-0.25, -0.2) is 4.98 Å². The van der Waals surface area contributed by atoms with E-state index in [0.29, 0.717) is 15.9 Å². The van der Waals surface area contributed by atoms with Crippen LogP contribution in [0.1, 0.15) is 5.69 Å². The number of thiazole rings is 1. The fourth-order valence-electron chi connectivity index (χ4n) is 0.950. The molecule has 0 aliphatic rings. The molecule has 2 N–H and O–H groups in total. The molecule has 2 aromatic heterocycles. The van der Waals surface area contributed by atoms with Crippen LogP contribution in [0, 0.1) is 6.92 Å². The molecule has 5 heteroatoms. The van der Waals surface area contributed by atoms with E-state index in [-0.39, 0.29) is 0 Å². The van der Waals surface area contributed by atoms with E-state index in [1.54, 1.807) is 12.4 Å². The number of rotatable bonds is 2. The minimum absolute atomic E-state index is 0.500. The fraction of sp³-hybridized carbons (Fsp3) is 0.111. The number of hydrogen-bond acceptors (Lipinski definition) is 5. The van der Waals surface area contributed by atoms with Gasteiger partial charge in [-0.3, -0.25) is 4.98 Å². The minimum Gasteiger partial charge on any atom is -0.443 e. The van der Waals surface area contributed by atoms with Crippen molar-refractivity contribution in [1.82, 2.24) is 9.97 Å². The summed E-state index contributed by atoms with van der Waals surface area (Å²) in [7, 11) is 0. The molecule has 0 fully saturated rings. The Morgan fingerprint density at radius 3 is 2.71 bits per heavy atom. The van der Waals surface area contributed by atoms with Gasteiger partial charge in [0.15, 0.2) is 5.13 Å². The Labute approximate surface area is 85.4 Å². The summed E-state index contributed by atoms with van der Waals surface area (Å²) in [5.74, 6) is 0.694. The molecule has 4 nitrogen and oxygen atoms in total. The Bertz CT molecular complexity index is 424. The highest BCUT2D eigenvalue weighted by Crippen LogP contribution is 2.27. The van der Waals surface area contributed by atoms with Crippen LogP contribution in [-0.4, -0.2) is 9.97 Å². The first-order valence-electron chi connectivity index (χ1n) is 4.06. The fourth-order valence-corrected chi connectivity index (χ4v) is 1.50. The summed E-state index contributed by atoms with van der Waals surface area (Å²) < 4.78 is 5.47. The van der Waals surface area contributed by atoms with Crippen LogP contribution in [0.5, 0.6) is 10.8 Å². The highest BCUT2D eigenvalue weighted by molar-refractivity contribution is 7.17. The molecule has 2 heterocycles. The van der Waals surface area contributed by atoms with Crippen molar-refractivity contribution in [2.24, 2.45) is 0 Å². The number of aromatic nitrogens is 2. The predicted octanol–water partition coefficient (Wildman–Crippen LogP) is 2.22. The largest absolute Gasteiger partial charge is 0.443 e. The number of hydrogen-bond donors (Lipinski definition) is 1. The summed E-state index contributed by atoms with van der Waals surface area (Å²) in [6.07, 6.45) is 3.27. The normalized spacial score (nSPS) is 10.1. The summed E-state index contributed by atoms with van der Waals surface area (Å²) in [5.41, 5.74) is 6.43. The molecular formula is C9H9N3OS. The first-order chi connectivity index (χ1) is 6.74. The van der Waals surface area contributed by atoms with E-state index in [9.17, 15) is 0 Å². The smallest absolute Gasteiger partial charge is 0.202 e. The summed E-state index contributed by atoms with van der Waals surface area (Å²) in [6, 6.07) is 3.75. The maximum atomic E-state index is 5.47. The molecule has 0 aliphatic heterocycles. The Morgan fingerprint density at radius 1 is 1.29 bits per heavy atom. The van der Waals surface area contributed by atoms with Gasteiger partial charge in [0, 0.05) is 5.69 Å². The van der Waals surface area contributed by atoms with E-state index in [1.807, 2.05) is 19.1 Å². The van der Waals surface area contributed by atoms with Crippen molar-refractivity contribution in [3.8, 4) is 10.8 Å². The second-order valence-corrected chi connectivity index (χ2v) is 3.78. The average molecular weight is 207 g/mol. The van der Waals surface area contributed by atoms with Crippen LogP contribution in [0.4, 0.5) is 5.13 Å². The van der Waals surface area contributed by atoms with Crippen molar-refractivity contribution in [2.45, 2.75) is 6.92 Å². The van der Waals surface area contributed by atoms with Crippen LogP contribution in [0.2, 0.25) is 0 Å². The molecule has 0 bridgehead atoms. The SMILES string of the molecule is Cc1ccc(Oc2cnc(N)s2)cn1. The molecular weight excluding hydrogens is 198 g/mol. The summed E-state index contributed by atoms with van der Waals surface area (Å²) in [4.78, 5) is 7.99. The molecule has 0 radical (unpaired) electrons. The molecule has 2 aromatic rings. The van der Waals surface area contributed by atoms with Crippen molar-refractivity contribution >= 4 is 16.5 Å². The number of nitrogens with two attached hydrogens (primary N) is 1. The van der Waals surface area contributed by atoms with Crippen molar-refractivity contribution in [2.75, 3.05) is 5.73 Å². The highest BCUT2D eigenvalue weighted by Gasteiger charge is 2.01. The van der Waals surface area contributed by atoms with Gasteiger partial charge in [0.05, 0.1) is 12.4 Å². The number of ether oxygens (including phenoxy) is 1. The summed E-state index contributed by atoms with van der Waals surface area (Å²) >= 11 is 1.30. The predicted molar refractivity (Wildman–Crippen MR) is 55.6 cm³/mol. The van der Waals surface area contributed by atoms with Gasteiger partial charge in [-0.05, 0) is 19.1 Å². The molecule has 0 spiro atoms. The van der Waals surface area contributed by atoms with Gasteiger partial charge in [-0.15, -0.1) is 0 Å². The van der Waals surface area contributed by atoms with Crippen LogP contribution >= 0.6 is 11.3 Å². The van der Waals surface area contributed by atoms with Crippen LogP contribution in [0.3, 0.4) is 0 Å². The van der Waals surface area contributed by atoms with Gasteiger partial charge in [-0.1, -0.05) is 11.3 Å². The maximum absolute atomic E-state index is 5.47. The zero-order valence-electron chi connectivity index (χ0n) is 7.60. The lowest BCUT2D eigenvalue weighted by Gasteiger charge is -2.00. The number of nitrogen functional groups attached to an aromatic ring is 1. The molecule has 14 heavy (non-hydrogen) atoms. The van der Waals surface area contributed by atoms with Gasteiger partial charge in [0.25, 0.3) is 0 Å². The first-order valence-corrected chi connectivity index (χ1v) is 4.87. The number of aryl methyl sites for hydroxylation is 1. The van der Waals surface area contributed by atoms with Gasteiger partial charge < -0.3 is 10.5 Å². The molecule has 0 unspecified atom stereocenters. The van der Waals surface area contributed by atoms with E-state index >= 15 is 0 Å². The van der Waals surface area contributed by atoms with E-state index in [1.165, 1.54) is 11.3 Å². The lowest BCUT2D eigenvalue weighted by molar-refractivity contribution is 0.492. The Kier molecular flexibility index (Phi) is 2.32. The van der Waals surface area contributed by atoms with Crippen LogP contribution in [-0.2, 0) is 0 Å². The zero-order chi connectivity index (χ0) is 9.97. The second kappa shape index (κ2) is 3.63. The molecule has 72 valence electrons. The third-order valence-electron chi connectivity index (χ3n) is 1.61. The Hall–Kier alpha value is -1.62. The highest BCUT2D eigenvalue weighted by atomic mass is 32.1. The van der Waals surface area contributed by atoms with Gasteiger partial charge in [0.1, 0.15) is 5.75 Å². The van der Waals surface area contributed by atoms with Crippen molar-refractivity contribution in [1.29, 1.82) is 0 Å². The lowest BCUT2D eigenvalue weighted by Crippen LogP contribution is -1.83. The molecule has 0 amide bonds. The summed E-state index contributed by atoms with van der Waals surface area (Å²) in [6.45, 7) is 1.93. The van der Waals surface area contributed by atoms with E-state index in [4.69, 9.17) is 10.5 Å². The van der Waals surface area contributed by atoms with Gasteiger partial charge in [0.2, 0.25) is 5.06 Å². The van der Waals surface area contributed by atoms with E-state index in [0.717, 1.165) is 5.69 Å². The monoisotopic (exact) mass is 207 g/mol. The zero-order valence-corrected chi connectivity index (χ0v) is 8.41. The first kappa shape index (κ1) is 8.96. The number of anilines is 1. The Morgan fingerprint density at radius 2 is 2.14 bits per heavy atom. The van der Waals surface area contributed by atoms with Gasteiger partial charge >= 0.3 is 0 Å². The van der Waals surface area contributed by atoms with E-state index < -0.39 is 0 Å². The molecule has 0 atom stereocenters. The second-order valence-electron chi connectivity index (χ2n) is 2.75. The third-order valence-corrected chi connectivity index (χ3v) is 2.31. The van der Waals surface area contributed by atoms with Crippen molar-refractivity contribution in [3.63, 3.8) is 0 Å². The number of nitrogens with zero attached hydrogens (tertiary/aromatic N) is 2. The average Bonchev–Trinajstić information content (AvgIpc) is 2.56. The molecule has 0 saturated heterocycles. The van der Waals surface area contributed by atoms with Crippen molar-refractivity contribution in [3.05, 3.63) is 30.2 Å². The quantitative estimate of drug-likeness (QED) is 0.820. The molecule has 0 saturated carbocycles. The molecule has 2 rings (SSSR count).